The normalized spacial score (nSPS) is 16.0. The highest BCUT2D eigenvalue weighted by molar-refractivity contribution is 5.97. The molecular weight excluding hydrogens is 286 g/mol. The van der Waals surface area contributed by atoms with Crippen molar-refractivity contribution < 1.29 is 14.5 Å². The Hall–Kier alpha value is -2.44. The number of hydrogen-bond acceptors (Lipinski definition) is 4. The number of rotatable bonds is 5. The van der Waals surface area contributed by atoms with Gasteiger partial charge in [0.25, 0.3) is 5.69 Å². The van der Waals surface area contributed by atoms with Crippen LogP contribution in [0.4, 0.5) is 11.4 Å². The van der Waals surface area contributed by atoms with Crippen molar-refractivity contribution in [1.82, 2.24) is 4.90 Å². The van der Waals surface area contributed by atoms with Crippen LogP contribution >= 0.6 is 0 Å². The van der Waals surface area contributed by atoms with Crippen LogP contribution < -0.4 is 5.32 Å². The minimum Gasteiger partial charge on any atom is -0.330 e. The van der Waals surface area contributed by atoms with Gasteiger partial charge in [0.05, 0.1) is 4.92 Å². The first-order chi connectivity index (χ1) is 10.4. The molecule has 1 saturated heterocycles. The van der Waals surface area contributed by atoms with Gasteiger partial charge in [-0.15, -0.1) is 0 Å². The van der Waals surface area contributed by atoms with Gasteiger partial charge in [-0.1, -0.05) is 13.8 Å². The topological polar surface area (TPSA) is 92.5 Å². The molecular formula is C15H19N3O4. The van der Waals surface area contributed by atoms with Crippen molar-refractivity contribution in [2.45, 2.75) is 32.7 Å². The largest absolute Gasteiger partial charge is 0.330 e. The standard InChI is InChI=1S/C15H19N3O4/c1-10(2)14(17-9-3-4-13(17)19)15(20)16-11-5-7-12(8-6-11)18(21)22/h5-8,10,14H,3-4,9H2,1-2H3,(H,16,20). The monoisotopic (exact) mass is 305 g/mol. The Kier molecular flexibility index (Phi) is 4.75. The lowest BCUT2D eigenvalue weighted by molar-refractivity contribution is -0.384. The van der Waals surface area contributed by atoms with E-state index in [9.17, 15) is 19.7 Å². The molecule has 7 heteroatoms. The highest BCUT2D eigenvalue weighted by Gasteiger charge is 2.34. The van der Waals surface area contributed by atoms with Crippen LogP contribution in [0.1, 0.15) is 26.7 Å². The van der Waals surface area contributed by atoms with Crippen molar-refractivity contribution in [3.8, 4) is 0 Å². The quantitative estimate of drug-likeness (QED) is 0.666. The van der Waals surface area contributed by atoms with Crippen molar-refractivity contribution in [1.29, 1.82) is 0 Å². The summed E-state index contributed by atoms with van der Waals surface area (Å²) in [7, 11) is 0. The Balaban J connectivity index is 2.11. The number of carbonyl (C=O) groups is 2. The molecule has 1 heterocycles. The van der Waals surface area contributed by atoms with Crippen molar-refractivity contribution >= 4 is 23.2 Å². The predicted octanol–water partition coefficient (Wildman–Crippen LogP) is 2.18. The zero-order valence-corrected chi connectivity index (χ0v) is 12.6. The fourth-order valence-electron chi connectivity index (χ4n) is 2.65. The van der Waals surface area contributed by atoms with E-state index >= 15 is 0 Å². The fourth-order valence-corrected chi connectivity index (χ4v) is 2.65. The molecule has 0 aromatic heterocycles. The minimum absolute atomic E-state index is 0.00227. The highest BCUT2D eigenvalue weighted by atomic mass is 16.6. The van der Waals surface area contributed by atoms with Crippen LogP contribution in [0.2, 0.25) is 0 Å². The molecule has 1 unspecified atom stereocenters. The van der Waals surface area contributed by atoms with Gasteiger partial charge in [0.1, 0.15) is 6.04 Å². The molecule has 118 valence electrons. The maximum Gasteiger partial charge on any atom is 0.269 e. The lowest BCUT2D eigenvalue weighted by Crippen LogP contribution is -2.47. The maximum atomic E-state index is 12.5. The second-order valence-corrected chi connectivity index (χ2v) is 5.67. The summed E-state index contributed by atoms with van der Waals surface area (Å²) in [5.41, 5.74) is 0.445. The summed E-state index contributed by atoms with van der Waals surface area (Å²) in [6.07, 6.45) is 1.25. The molecule has 0 bridgehead atoms. The zero-order chi connectivity index (χ0) is 16.3. The van der Waals surface area contributed by atoms with E-state index in [0.29, 0.717) is 18.7 Å². The molecule has 1 atom stereocenters. The Morgan fingerprint density at radius 2 is 1.95 bits per heavy atom. The summed E-state index contributed by atoms with van der Waals surface area (Å²) >= 11 is 0. The molecule has 1 N–H and O–H groups in total. The van der Waals surface area contributed by atoms with Gasteiger partial charge in [0.2, 0.25) is 11.8 Å². The van der Waals surface area contributed by atoms with E-state index in [-0.39, 0.29) is 23.4 Å². The molecule has 1 aliphatic rings. The molecule has 1 aromatic rings. The Bertz CT molecular complexity index is 583. The van der Waals surface area contributed by atoms with E-state index in [1.807, 2.05) is 13.8 Å². The Morgan fingerprint density at radius 1 is 1.32 bits per heavy atom. The lowest BCUT2D eigenvalue weighted by Gasteiger charge is -2.29. The summed E-state index contributed by atoms with van der Waals surface area (Å²) in [5, 5.41) is 13.3. The van der Waals surface area contributed by atoms with Gasteiger partial charge >= 0.3 is 0 Å². The average molecular weight is 305 g/mol. The molecule has 0 aliphatic carbocycles. The number of anilines is 1. The second-order valence-electron chi connectivity index (χ2n) is 5.67. The molecule has 7 nitrogen and oxygen atoms in total. The number of amides is 2. The van der Waals surface area contributed by atoms with Crippen molar-refractivity contribution in [3.63, 3.8) is 0 Å². The molecule has 1 fully saturated rings. The number of likely N-dealkylation sites (tertiary alicyclic amines) is 1. The number of carbonyl (C=O) groups excluding carboxylic acids is 2. The van der Waals surface area contributed by atoms with E-state index in [4.69, 9.17) is 0 Å². The third kappa shape index (κ3) is 3.41. The van der Waals surface area contributed by atoms with E-state index in [0.717, 1.165) is 6.42 Å². The van der Waals surface area contributed by atoms with Crippen LogP contribution in [-0.2, 0) is 9.59 Å². The predicted molar refractivity (Wildman–Crippen MR) is 81.3 cm³/mol. The molecule has 0 saturated carbocycles. The number of hydrogen-bond donors (Lipinski definition) is 1. The van der Waals surface area contributed by atoms with Gasteiger partial charge < -0.3 is 10.2 Å². The number of non-ortho nitro benzene ring substituents is 1. The van der Waals surface area contributed by atoms with Crippen molar-refractivity contribution in [2.24, 2.45) is 5.92 Å². The smallest absolute Gasteiger partial charge is 0.269 e. The Morgan fingerprint density at radius 3 is 2.41 bits per heavy atom. The molecule has 0 spiro atoms. The molecule has 1 aromatic carbocycles. The number of nitrogens with zero attached hydrogens (tertiary/aromatic N) is 2. The van der Waals surface area contributed by atoms with E-state index in [2.05, 4.69) is 5.32 Å². The number of benzene rings is 1. The van der Waals surface area contributed by atoms with Gasteiger partial charge in [0, 0.05) is 30.8 Å². The van der Waals surface area contributed by atoms with Gasteiger partial charge in [-0.25, -0.2) is 0 Å². The SMILES string of the molecule is CC(C)C(C(=O)Nc1ccc([N+](=O)[O-])cc1)N1CCCC1=O. The van der Waals surface area contributed by atoms with Crippen LogP contribution in [-0.4, -0.2) is 34.2 Å². The zero-order valence-electron chi connectivity index (χ0n) is 12.6. The Labute approximate surface area is 128 Å². The molecule has 2 amide bonds. The van der Waals surface area contributed by atoms with Gasteiger partial charge in [0.15, 0.2) is 0 Å². The summed E-state index contributed by atoms with van der Waals surface area (Å²) in [6, 6.07) is 5.12. The molecule has 22 heavy (non-hydrogen) atoms. The maximum absolute atomic E-state index is 12.5. The van der Waals surface area contributed by atoms with Crippen LogP contribution in [0.25, 0.3) is 0 Å². The summed E-state index contributed by atoms with van der Waals surface area (Å²) in [5.74, 6) is -0.281. The summed E-state index contributed by atoms with van der Waals surface area (Å²) in [6.45, 7) is 4.38. The van der Waals surface area contributed by atoms with E-state index < -0.39 is 11.0 Å². The highest BCUT2D eigenvalue weighted by Crippen LogP contribution is 2.21. The van der Waals surface area contributed by atoms with E-state index in [1.54, 1.807) is 4.90 Å². The number of nitrogens with one attached hydrogen (secondary N) is 1. The molecule has 2 rings (SSSR count). The first-order valence-electron chi connectivity index (χ1n) is 7.25. The number of nitro groups is 1. The minimum atomic E-state index is -0.523. The second kappa shape index (κ2) is 6.55. The van der Waals surface area contributed by atoms with E-state index in [1.165, 1.54) is 24.3 Å². The van der Waals surface area contributed by atoms with Gasteiger partial charge in [-0.2, -0.15) is 0 Å². The molecule has 1 aliphatic heterocycles. The van der Waals surface area contributed by atoms with Gasteiger partial charge in [-0.05, 0) is 24.5 Å². The van der Waals surface area contributed by atoms with Gasteiger partial charge in [-0.3, -0.25) is 19.7 Å². The lowest BCUT2D eigenvalue weighted by atomic mass is 10.0. The molecule has 0 radical (unpaired) electrons. The summed E-state index contributed by atoms with van der Waals surface area (Å²) < 4.78 is 0. The van der Waals surface area contributed by atoms with Crippen molar-refractivity contribution in [3.05, 3.63) is 34.4 Å². The average Bonchev–Trinajstić information content (AvgIpc) is 2.85. The first kappa shape index (κ1) is 15.9. The fraction of sp³-hybridized carbons (Fsp3) is 0.467. The van der Waals surface area contributed by atoms with Crippen LogP contribution in [0.5, 0.6) is 0 Å². The first-order valence-corrected chi connectivity index (χ1v) is 7.25. The third-order valence-corrected chi connectivity index (χ3v) is 3.69. The van der Waals surface area contributed by atoms with Crippen LogP contribution in [0, 0.1) is 16.0 Å². The van der Waals surface area contributed by atoms with Crippen LogP contribution in [0.15, 0.2) is 24.3 Å². The van der Waals surface area contributed by atoms with Crippen molar-refractivity contribution in [2.75, 3.05) is 11.9 Å². The third-order valence-electron chi connectivity index (χ3n) is 3.69. The van der Waals surface area contributed by atoms with Crippen LogP contribution in [0.3, 0.4) is 0 Å². The summed E-state index contributed by atoms with van der Waals surface area (Å²) in [4.78, 5) is 36.1. The number of nitro benzene ring substituents is 1.